The molecule has 3 N–H and O–H groups in total. The van der Waals surface area contributed by atoms with Gasteiger partial charge in [-0.2, -0.15) is 0 Å². The van der Waals surface area contributed by atoms with Crippen LogP contribution >= 0.6 is 0 Å². The van der Waals surface area contributed by atoms with Gasteiger partial charge in [0.25, 0.3) is 0 Å². The van der Waals surface area contributed by atoms with Crippen molar-refractivity contribution in [2.24, 2.45) is 5.41 Å². The zero-order valence-corrected chi connectivity index (χ0v) is 13.0. The summed E-state index contributed by atoms with van der Waals surface area (Å²) in [5.41, 5.74) is 6.52. The van der Waals surface area contributed by atoms with Gasteiger partial charge in [-0.05, 0) is 42.5 Å². The summed E-state index contributed by atoms with van der Waals surface area (Å²) in [5.74, 6) is 0.820. The van der Waals surface area contributed by atoms with E-state index in [4.69, 9.17) is 10.5 Å². The van der Waals surface area contributed by atoms with Gasteiger partial charge in [-0.15, -0.1) is 0 Å². The molecule has 4 nitrogen and oxygen atoms in total. The van der Waals surface area contributed by atoms with Gasteiger partial charge in [-0.25, -0.2) is 0 Å². The minimum atomic E-state index is 0.0745. The van der Waals surface area contributed by atoms with Gasteiger partial charge in [0.05, 0.1) is 13.0 Å². The topological polar surface area (TPSA) is 64.3 Å². The Bertz CT molecular complexity index is 468. The van der Waals surface area contributed by atoms with Crippen LogP contribution in [0.3, 0.4) is 0 Å². The Kier molecular flexibility index (Phi) is 5.10. The highest BCUT2D eigenvalue weighted by Crippen LogP contribution is 2.35. The number of rotatable bonds is 5. The smallest absolute Gasteiger partial charge is 0.223 e. The standard InChI is InChI=1S/C17H26N2O2/c1-17(2)11-4-3-5-15(17)19-16(20)10-12-21-14-8-6-13(18)7-9-14/h6-9,15H,3-5,10-12,18H2,1-2H3,(H,19,20). The molecule has 2 rings (SSSR count). The molecule has 4 heteroatoms. The first-order chi connectivity index (χ1) is 9.97. The Morgan fingerprint density at radius 2 is 2.05 bits per heavy atom. The van der Waals surface area contributed by atoms with E-state index in [9.17, 15) is 4.79 Å². The molecule has 1 atom stereocenters. The van der Waals surface area contributed by atoms with Crippen molar-refractivity contribution < 1.29 is 9.53 Å². The minimum absolute atomic E-state index is 0.0745. The van der Waals surface area contributed by atoms with Crippen molar-refractivity contribution in [3.63, 3.8) is 0 Å². The second kappa shape index (κ2) is 6.83. The molecule has 0 aromatic heterocycles. The van der Waals surface area contributed by atoms with Crippen molar-refractivity contribution in [3.8, 4) is 5.75 Å². The monoisotopic (exact) mass is 290 g/mol. The molecule has 1 fully saturated rings. The lowest BCUT2D eigenvalue weighted by molar-refractivity contribution is -0.123. The Labute approximate surface area is 127 Å². The molecule has 1 aromatic rings. The third kappa shape index (κ3) is 4.66. The number of hydrogen-bond donors (Lipinski definition) is 2. The molecule has 21 heavy (non-hydrogen) atoms. The molecule has 1 saturated carbocycles. The second-order valence-corrected chi connectivity index (χ2v) is 6.52. The van der Waals surface area contributed by atoms with Gasteiger partial charge in [-0.1, -0.05) is 26.7 Å². The van der Waals surface area contributed by atoms with Crippen molar-refractivity contribution >= 4 is 11.6 Å². The van der Waals surface area contributed by atoms with Crippen LogP contribution in [0.1, 0.15) is 46.0 Å². The molecule has 0 saturated heterocycles. The van der Waals surface area contributed by atoms with Crippen molar-refractivity contribution in [2.75, 3.05) is 12.3 Å². The molecule has 0 heterocycles. The Balaban J connectivity index is 1.73. The molecular weight excluding hydrogens is 264 g/mol. The molecule has 116 valence electrons. The van der Waals surface area contributed by atoms with E-state index >= 15 is 0 Å². The third-order valence-electron chi connectivity index (χ3n) is 4.32. The van der Waals surface area contributed by atoms with Crippen LogP contribution in [0, 0.1) is 5.41 Å². The van der Waals surface area contributed by atoms with E-state index < -0.39 is 0 Å². The van der Waals surface area contributed by atoms with Crippen LogP contribution < -0.4 is 15.8 Å². The molecule has 1 aliphatic rings. The van der Waals surface area contributed by atoms with Crippen LogP contribution in [0.15, 0.2) is 24.3 Å². The number of nitrogens with one attached hydrogen (secondary N) is 1. The van der Waals surface area contributed by atoms with E-state index in [0.29, 0.717) is 18.7 Å². The van der Waals surface area contributed by atoms with Gasteiger partial charge < -0.3 is 15.8 Å². The van der Waals surface area contributed by atoms with Crippen molar-refractivity contribution in [2.45, 2.75) is 52.0 Å². The maximum atomic E-state index is 12.0. The van der Waals surface area contributed by atoms with Crippen LogP contribution in [0.2, 0.25) is 0 Å². The van der Waals surface area contributed by atoms with Gasteiger partial charge >= 0.3 is 0 Å². The summed E-state index contributed by atoms with van der Waals surface area (Å²) >= 11 is 0. The van der Waals surface area contributed by atoms with E-state index in [1.54, 1.807) is 12.1 Å². The predicted octanol–water partition coefficient (Wildman–Crippen LogP) is 3.12. The van der Waals surface area contributed by atoms with Crippen molar-refractivity contribution in [1.29, 1.82) is 0 Å². The third-order valence-corrected chi connectivity index (χ3v) is 4.32. The van der Waals surface area contributed by atoms with Gasteiger partial charge in [0.2, 0.25) is 5.91 Å². The number of carbonyl (C=O) groups excluding carboxylic acids is 1. The number of nitrogen functional groups attached to an aromatic ring is 1. The summed E-state index contributed by atoms with van der Waals surface area (Å²) in [4.78, 5) is 12.0. The van der Waals surface area contributed by atoms with Crippen LogP contribution in [-0.2, 0) is 4.79 Å². The average Bonchev–Trinajstić information content (AvgIpc) is 2.43. The molecule has 1 aromatic carbocycles. The fraction of sp³-hybridized carbons (Fsp3) is 0.588. The quantitative estimate of drug-likeness (QED) is 0.819. The number of ether oxygens (including phenoxy) is 1. The van der Waals surface area contributed by atoms with Gasteiger partial charge in [0.1, 0.15) is 5.75 Å². The Morgan fingerprint density at radius 1 is 1.33 bits per heavy atom. The highest BCUT2D eigenvalue weighted by Gasteiger charge is 2.32. The Hall–Kier alpha value is -1.71. The summed E-state index contributed by atoms with van der Waals surface area (Å²) in [6.45, 7) is 4.87. The number of anilines is 1. The highest BCUT2D eigenvalue weighted by molar-refractivity contribution is 5.76. The normalized spacial score (nSPS) is 20.8. The maximum Gasteiger partial charge on any atom is 0.223 e. The maximum absolute atomic E-state index is 12.0. The van der Waals surface area contributed by atoms with E-state index in [0.717, 1.165) is 12.2 Å². The first kappa shape index (κ1) is 15.7. The zero-order valence-electron chi connectivity index (χ0n) is 13.0. The van der Waals surface area contributed by atoms with Crippen molar-refractivity contribution in [1.82, 2.24) is 5.32 Å². The Morgan fingerprint density at radius 3 is 2.71 bits per heavy atom. The van der Waals surface area contributed by atoms with E-state index in [1.807, 2.05) is 12.1 Å². The minimum Gasteiger partial charge on any atom is -0.493 e. The summed E-state index contributed by atoms with van der Waals surface area (Å²) < 4.78 is 5.56. The summed E-state index contributed by atoms with van der Waals surface area (Å²) in [6, 6.07) is 7.50. The molecule has 1 amide bonds. The van der Waals surface area contributed by atoms with Crippen LogP contribution in [0.5, 0.6) is 5.75 Å². The second-order valence-electron chi connectivity index (χ2n) is 6.52. The number of amides is 1. The van der Waals surface area contributed by atoms with Crippen LogP contribution in [0.4, 0.5) is 5.69 Å². The fourth-order valence-corrected chi connectivity index (χ4v) is 2.85. The summed E-state index contributed by atoms with van der Waals surface area (Å²) in [6.07, 6.45) is 5.12. The van der Waals surface area contributed by atoms with Crippen LogP contribution in [0.25, 0.3) is 0 Å². The molecule has 0 aliphatic heterocycles. The number of nitrogens with two attached hydrogens (primary N) is 1. The first-order valence-corrected chi connectivity index (χ1v) is 7.75. The lowest BCUT2D eigenvalue weighted by Crippen LogP contribution is -2.47. The van der Waals surface area contributed by atoms with E-state index in [1.165, 1.54) is 19.3 Å². The average molecular weight is 290 g/mol. The van der Waals surface area contributed by atoms with Gasteiger partial charge in [0.15, 0.2) is 0 Å². The number of hydrogen-bond acceptors (Lipinski definition) is 3. The molecule has 1 aliphatic carbocycles. The zero-order chi connectivity index (χ0) is 15.3. The largest absolute Gasteiger partial charge is 0.493 e. The number of carbonyl (C=O) groups is 1. The highest BCUT2D eigenvalue weighted by atomic mass is 16.5. The van der Waals surface area contributed by atoms with Gasteiger partial charge in [-0.3, -0.25) is 4.79 Å². The van der Waals surface area contributed by atoms with Gasteiger partial charge in [0, 0.05) is 11.7 Å². The predicted molar refractivity (Wildman–Crippen MR) is 85.1 cm³/mol. The number of benzene rings is 1. The lowest BCUT2D eigenvalue weighted by atomic mass is 9.73. The van der Waals surface area contributed by atoms with Crippen LogP contribution in [-0.4, -0.2) is 18.6 Å². The summed E-state index contributed by atoms with van der Waals surface area (Å²) in [5, 5.41) is 3.17. The molecule has 0 spiro atoms. The SMILES string of the molecule is CC1(C)CCCCC1NC(=O)CCOc1ccc(N)cc1. The lowest BCUT2D eigenvalue weighted by Gasteiger charge is -2.39. The fourth-order valence-electron chi connectivity index (χ4n) is 2.85. The van der Waals surface area contributed by atoms with E-state index in [2.05, 4.69) is 19.2 Å². The molecule has 1 unspecified atom stereocenters. The molecular formula is C17H26N2O2. The molecule has 0 radical (unpaired) electrons. The van der Waals surface area contributed by atoms with Crippen molar-refractivity contribution in [3.05, 3.63) is 24.3 Å². The van der Waals surface area contributed by atoms with E-state index in [-0.39, 0.29) is 17.4 Å². The summed E-state index contributed by atoms with van der Waals surface area (Å²) in [7, 11) is 0. The first-order valence-electron chi connectivity index (χ1n) is 7.75. The molecule has 0 bridgehead atoms.